The molecule has 0 unspecified atom stereocenters. The summed E-state index contributed by atoms with van der Waals surface area (Å²) < 4.78 is 0. The Morgan fingerprint density at radius 1 is 0.773 bits per heavy atom. The highest BCUT2D eigenvalue weighted by Crippen LogP contribution is 2.34. The van der Waals surface area contributed by atoms with Crippen molar-refractivity contribution in [3.63, 3.8) is 0 Å². The zero-order valence-corrected chi connectivity index (χ0v) is 12.2. The van der Waals surface area contributed by atoms with E-state index in [2.05, 4.69) is 0 Å². The van der Waals surface area contributed by atoms with E-state index >= 15 is 0 Å². The van der Waals surface area contributed by atoms with E-state index < -0.39 is 11.5 Å². The van der Waals surface area contributed by atoms with Gasteiger partial charge in [-0.25, -0.2) is 0 Å². The van der Waals surface area contributed by atoms with Crippen molar-refractivity contribution in [3.05, 3.63) is 41.4 Å². The van der Waals surface area contributed by atoms with E-state index in [1.54, 1.807) is 6.07 Å². The van der Waals surface area contributed by atoms with E-state index in [4.69, 9.17) is 35.1 Å². The van der Waals surface area contributed by atoms with Gasteiger partial charge in [0.05, 0.1) is 5.02 Å². The molecule has 0 spiro atoms. The van der Waals surface area contributed by atoms with Gasteiger partial charge in [0.1, 0.15) is 35.0 Å². The van der Waals surface area contributed by atoms with Gasteiger partial charge in [-0.3, -0.25) is 0 Å². The maximum Gasteiger partial charge on any atom is 0.150 e. The summed E-state index contributed by atoms with van der Waals surface area (Å²) in [5, 5.41) is 21.8. The van der Waals surface area contributed by atoms with Crippen molar-refractivity contribution in [2.45, 2.75) is 0 Å². The zero-order valence-electron chi connectivity index (χ0n) is 11.5. The van der Waals surface area contributed by atoms with Gasteiger partial charge < -0.3 is 10.2 Å². The highest BCUT2D eigenvalue weighted by molar-refractivity contribution is 6.56. The minimum atomic E-state index is -0.532. The summed E-state index contributed by atoms with van der Waals surface area (Å²) >= 11 is 6.47. The number of halogens is 1. The summed E-state index contributed by atoms with van der Waals surface area (Å²) in [6, 6.07) is 11.2. The Labute approximate surface area is 137 Å². The fourth-order valence-corrected chi connectivity index (χ4v) is 2.83. The maximum atomic E-state index is 9.90. The summed E-state index contributed by atoms with van der Waals surface area (Å²) in [7, 11) is 17.6. The van der Waals surface area contributed by atoms with E-state index in [0.29, 0.717) is 16.1 Å². The van der Waals surface area contributed by atoms with Gasteiger partial charge in [-0.2, -0.15) is 0 Å². The topological polar surface area (TPSA) is 40.5 Å². The zero-order chi connectivity index (χ0) is 16.0. The molecule has 0 aliphatic carbocycles. The summed E-state index contributed by atoms with van der Waals surface area (Å²) in [5.74, 6) is -1.04. The molecule has 0 saturated heterocycles. The molecular weight excluding hydrogens is 292 g/mol. The lowest BCUT2D eigenvalue weighted by molar-refractivity contribution is 0.410. The number of fused-ring (bicyclic) bond motifs is 1. The largest absolute Gasteiger partial charge is 0.505 e. The lowest BCUT2D eigenvalue weighted by Gasteiger charge is -2.19. The third kappa shape index (κ3) is 2.08. The smallest absolute Gasteiger partial charge is 0.150 e. The van der Waals surface area contributed by atoms with Crippen LogP contribution in [0.1, 0.15) is 0 Å². The van der Waals surface area contributed by atoms with E-state index in [1.807, 2.05) is 30.3 Å². The van der Waals surface area contributed by atoms with Crippen LogP contribution in [0, 0.1) is 0 Å². The first-order valence-corrected chi connectivity index (χ1v) is 6.87. The van der Waals surface area contributed by atoms with Gasteiger partial charge in [0, 0.05) is 5.39 Å². The number of hydrogen-bond donors (Lipinski definition) is 2. The molecule has 3 aromatic rings. The molecule has 6 radical (unpaired) electrons. The van der Waals surface area contributed by atoms with Crippen molar-refractivity contribution in [2.75, 3.05) is 0 Å². The van der Waals surface area contributed by atoms with Gasteiger partial charge in [0.2, 0.25) is 0 Å². The Morgan fingerprint density at radius 3 is 2.14 bits per heavy atom. The van der Waals surface area contributed by atoms with Crippen molar-refractivity contribution in [1.29, 1.82) is 0 Å². The van der Waals surface area contributed by atoms with Crippen LogP contribution in [0.3, 0.4) is 0 Å². The molecule has 0 fully saturated rings. The fourth-order valence-electron chi connectivity index (χ4n) is 2.50. The Hall–Kier alpha value is -2.00. The van der Waals surface area contributed by atoms with E-state index in [1.165, 1.54) is 0 Å². The molecular formula is C16H8B3ClO2. The van der Waals surface area contributed by atoms with Crippen LogP contribution in [-0.4, -0.2) is 33.8 Å². The van der Waals surface area contributed by atoms with Crippen LogP contribution in [0.2, 0.25) is 5.02 Å². The fraction of sp³-hybridized carbons (Fsp3) is 0. The Balaban J connectivity index is 2.40. The van der Waals surface area contributed by atoms with Crippen molar-refractivity contribution in [3.8, 4) is 22.6 Å². The van der Waals surface area contributed by atoms with E-state index in [9.17, 15) is 10.2 Å². The molecule has 6 heteroatoms. The minimum Gasteiger partial charge on any atom is -0.505 e. The first-order valence-electron chi connectivity index (χ1n) is 6.49. The second-order valence-corrected chi connectivity index (χ2v) is 5.34. The summed E-state index contributed by atoms with van der Waals surface area (Å²) in [6.07, 6.45) is 0. The third-order valence-corrected chi connectivity index (χ3v) is 4.10. The molecule has 0 saturated carbocycles. The average Bonchev–Trinajstić information content (AvgIpc) is 2.53. The number of rotatable bonds is 1. The monoisotopic (exact) mass is 300 g/mol. The SMILES string of the molecule is [B]c1c([B])c(-c2ccc3ccccc3c2Cl)c([B])c(O)c1O. The average molecular weight is 300 g/mol. The Bertz CT molecular complexity index is 881. The van der Waals surface area contributed by atoms with E-state index in [0.717, 1.165) is 10.8 Å². The summed E-state index contributed by atoms with van der Waals surface area (Å²) in [5.41, 5.74) is 0.721. The number of benzene rings is 3. The Kier molecular flexibility index (Phi) is 3.61. The van der Waals surface area contributed by atoms with Gasteiger partial charge in [-0.1, -0.05) is 58.9 Å². The molecule has 0 aliphatic heterocycles. The van der Waals surface area contributed by atoms with Gasteiger partial charge in [-0.15, -0.1) is 0 Å². The maximum absolute atomic E-state index is 9.90. The minimum absolute atomic E-state index is 0.0682. The highest BCUT2D eigenvalue weighted by atomic mass is 35.5. The highest BCUT2D eigenvalue weighted by Gasteiger charge is 2.18. The van der Waals surface area contributed by atoms with Gasteiger partial charge >= 0.3 is 0 Å². The molecule has 0 atom stereocenters. The second kappa shape index (κ2) is 5.33. The van der Waals surface area contributed by atoms with Crippen LogP contribution in [-0.2, 0) is 0 Å². The van der Waals surface area contributed by atoms with Crippen molar-refractivity contribution in [2.24, 2.45) is 0 Å². The van der Waals surface area contributed by atoms with Crippen LogP contribution >= 0.6 is 11.6 Å². The second-order valence-electron chi connectivity index (χ2n) is 4.96. The van der Waals surface area contributed by atoms with Crippen LogP contribution in [0.25, 0.3) is 21.9 Å². The third-order valence-electron chi connectivity index (χ3n) is 3.70. The Morgan fingerprint density at radius 2 is 1.41 bits per heavy atom. The number of aromatic hydroxyl groups is 2. The summed E-state index contributed by atoms with van der Waals surface area (Å²) in [4.78, 5) is 0. The van der Waals surface area contributed by atoms with Gasteiger partial charge in [0.15, 0.2) is 0 Å². The molecule has 22 heavy (non-hydrogen) atoms. The molecule has 3 rings (SSSR count). The number of phenolic OH excluding ortho intramolecular Hbond substituents is 2. The quantitative estimate of drug-likeness (QED) is 0.519. The predicted molar refractivity (Wildman–Crippen MR) is 93.9 cm³/mol. The van der Waals surface area contributed by atoms with Crippen molar-refractivity contribution >= 4 is 62.3 Å². The van der Waals surface area contributed by atoms with Crippen LogP contribution in [0.4, 0.5) is 0 Å². The van der Waals surface area contributed by atoms with Crippen LogP contribution < -0.4 is 16.4 Å². The molecule has 0 heterocycles. The molecule has 2 nitrogen and oxygen atoms in total. The molecule has 3 aromatic carbocycles. The number of phenols is 2. The molecule has 0 aromatic heterocycles. The lowest BCUT2D eigenvalue weighted by Crippen LogP contribution is -2.33. The molecule has 0 amide bonds. The molecule has 0 aliphatic rings. The molecule has 100 valence electrons. The van der Waals surface area contributed by atoms with Crippen LogP contribution in [0.15, 0.2) is 36.4 Å². The first kappa shape index (κ1) is 14.9. The lowest BCUT2D eigenvalue weighted by atomic mass is 9.70. The first-order chi connectivity index (χ1) is 10.4. The van der Waals surface area contributed by atoms with E-state index in [-0.39, 0.29) is 16.4 Å². The van der Waals surface area contributed by atoms with Crippen molar-refractivity contribution < 1.29 is 10.2 Å². The van der Waals surface area contributed by atoms with Crippen molar-refractivity contribution in [1.82, 2.24) is 0 Å². The molecule has 0 bridgehead atoms. The predicted octanol–water partition coefficient (Wildman–Crippen LogP) is 0.953. The summed E-state index contributed by atoms with van der Waals surface area (Å²) in [6.45, 7) is 0. The van der Waals surface area contributed by atoms with Gasteiger partial charge in [0.25, 0.3) is 0 Å². The van der Waals surface area contributed by atoms with Crippen LogP contribution in [0.5, 0.6) is 11.5 Å². The standard InChI is InChI=1S/C16H8B3ClO2/c17-11-10(12(18)15(21)16(22)13(11)19)9-6-5-7-3-1-2-4-8(7)14(9)20/h1-6,21-22H. The van der Waals surface area contributed by atoms with Gasteiger partial charge in [-0.05, 0) is 22.0 Å². The normalized spacial score (nSPS) is 11.0. The number of hydrogen-bond acceptors (Lipinski definition) is 2. The molecule has 2 N–H and O–H groups in total.